The molecule has 3 atom stereocenters. The Bertz CT molecular complexity index is 888. The fraction of sp³-hybridized carbons (Fsp3) is 0.250. The smallest absolute Gasteiger partial charge is 0.333 e. The molecule has 1 saturated heterocycles. The van der Waals surface area contributed by atoms with Crippen molar-refractivity contribution >= 4 is 16.0 Å². The second-order valence-corrected chi connectivity index (χ2v) is 6.85. The van der Waals surface area contributed by atoms with Crippen LogP contribution < -0.4 is 4.72 Å². The Labute approximate surface area is 149 Å². The highest BCUT2D eigenvalue weighted by Crippen LogP contribution is 2.42. The lowest BCUT2D eigenvalue weighted by atomic mass is 10.0. The molecule has 138 valence electrons. The predicted molar refractivity (Wildman–Crippen MR) is 90.5 cm³/mol. The quantitative estimate of drug-likeness (QED) is 0.446. The maximum Gasteiger partial charge on any atom is 0.333 e. The van der Waals surface area contributed by atoms with Crippen molar-refractivity contribution in [3.63, 3.8) is 0 Å². The molecule has 0 spiro atoms. The molecule has 9 nitrogen and oxygen atoms in total. The first-order valence-electron chi connectivity index (χ1n) is 7.66. The largest absolute Gasteiger partial charge is 0.341 e. The van der Waals surface area contributed by atoms with Gasteiger partial charge in [-0.15, -0.1) is 0 Å². The second-order valence-electron chi connectivity index (χ2n) is 5.61. The van der Waals surface area contributed by atoms with E-state index in [4.69, 9.17) is 14.0 Å². The summed E-state index contributed by atoms with van der Waals surface area (Å²) in [5.74, 6) is 0. The lowest BCUT2D eigenvalue weighted by Crippen LogP contribution is -2.34. The minimum Gasteiger partial charge on any atom is -0.341 e. The number of nitrogens with zero attached hydrogens (tertiary/aromatic N) is 1. The Morgan fingerprint density at radius 2 is 1.73 bits per heavy atom. The molecule has 0 aromatic heterocycles. The molecule has 2 aromatic rings. The van der Waals surface area contributed by atoms with E-state index in [1.807, 2.05) is 10.8 Å². The number of rotatable bonds is 6. The summed E-state index contributed by atoms with van der Waals surface area (Å²) >= 11 is 0. The fourth-order valence-electron chi connectivity index (χ4n) is 2.76. The Hall–Kier alpha value is -2.37. The summed E-state index contributed by atoms with van der Waals surface area (Å²) in [6.07, 6.45) is -2.59. The zero-order valence-corrected chi connectivity index (χ0v) is 14.2. The van der Waals surface area contributed by atoms with Crippen LogP contribution in [0.4, 0.5) is 5.69 Å². The molecule has 0 saturated carbocycles. The van der Waals surface area contributed by atoms with Crippen LogP contribution in [0, 0.1) is 10.1 Å². The third-order valence-corrected chi connectivity index (χ3v) is 4.42. The molecule has 2 aromatic carbocycles. The van der Waals surface area contributed by atoms with E-state index in [9.17, 15) is 18.5 Å². The van der Waals surface area contributed by atoms with Crippen LogP contribution in [0.3, 0.4) is 0 Å². The van der Waals surface area contributed by atoms with Crippen molar-refractivity contribution in [1.29, 1.82) is 0 Å². The molecule has 2 N–H and O–H groups in total. The molecule has 26 heavy (non-hydrogen) atoms. The zero-order chi connectivity index (χ0) is 18.7. The van der Waals surface area contributed by atoms with E-state index >= 15 is 0 Å². The summed E-state index contributed by atoms with van der Waals surface area (Å²) in [6, 6.07) is 14.9. The molecule has 1 aliphatic heterocycles. The number of nitrogens with one attached hydrogen (secondary N) is 1. The van der Waals surface area contributed by atoms with Gasteiger partial charge in [-0.2, -0.15) is 13.1 Å². The SMILES string of the molecule is O=[N+]([O-])c1ccccc1C1OC(c2ccccc2)OC1CNS(=O)(=O)O. The van der Waals surface area contributed by atoms with E-state index < -0.39 is 33.7 Å². The zero-order valence-electron chi connectivity index (χ0n) is 13.4. The summed E-state index contributed by atoms with van der Waals surface area (Å²) in [5.41, 5.74) is 0.787. The van der Waals surface area contributed by atoms with Crippen molar-refractivity contribution in [1.82, 2.24) is 4.72 Å². The minimum absolute atomic E-state index is 0.160. The first-order chi connectivity index (χ1) is 12.3. The number of nitro benzene ring substituents is 1. The number of ether oxygens (including phenoxy) is 2. The normalized spacial score (nSPS) is 23.0. The van der Waals surface area contributed by atoms with Gasteiger partial charge in [-0.25, -0.2) is 0 Å². The standard InChI is InChI=1S/C16H16N2O7S/c19-18(20)13-9-5-4-8-12(13)15-14(10-17-26(21,22)23)24-16(25-15)11-6-2-1-3-7-11/h1-9,14-17H,10H2,(H,21,22,23). The van der Waals surface area contributed by atoms with Crippen LogP contribution in [0.5, 0.6) is 0 Å². The number of para-hydroxylation sites is 1. The highest BCUT2D eigenvalue weighted by Gasteiger charge is 2.41. The van der Waals surface area contributed by atoms with E-state index in [1.165, 1.54) is 18.2 Å². The van der Waals surface area contributed by atoms with Crippen molar-refractivity contribution in [2.24, 2.45) is 0 Å². The van der Waals surface area contributed by atoms with E-state index in [1.54, 1.807) is 30.3 Å². The summed E-state index contributed by atoms with van der Waals surface area (Å²) in [6.45, 7) is -0.307. The molecule has 1 aliphatic rings. The van der Waals surface area contributed by atoms with Gasteiger partial charge in [-0.05, 0) is 6.07 Å². The van der Waals surface area contributed by atoms with Crippen molar-refractivity contribution in [2.75, 3.05) is 6.54 Å². The van der Waals surface area contributed by atoms with E-state index in [0.29, 0.717) is 5.56 Å². The van der Waals surface area contributed by atoms with Crippen LogP contribution in [-0.2, 0) is 19.8 Å². The third-order valence-electron chi connectivity index (χ3n) is 3.88. The van der Waals surface area contributed by atoms with Gasteiger partial charge in [0.25, 0.3) is 5.69 Å². The van der Waals surface area contributed by atoms with Crippen molar-refractivity contribution in [3.8, 4) is 0 Å². The molecular weight excluding hydrogens is 364 g/mol. The van der Waals surface area contributed by atoms with Gasteiger partial charge in [0.05, 0.1) is 10.5 Å². The molecule has 0 radical (unpaired) electrons. The first kappa shape index (κ1) is 18.4. The maximum absolute atomic E-state index is 11.3. The van der Waals surface area contributed by atoms with Crippen molar-refractivity contribution < 1.29 is 27.4 Å². The first-order valence-corrected chi connectivity index (χ1v) is 9.10. The molecule has 10 heteroatoms. The molecular formula is C16H16N2O7S. The average Bonchev–Trinajstić information content (AvgIpc) is 3.04. The summed E-state index contributed by atoms with van der Waals surface area (Å²) in [7, 11) is -4.45. The van der Waals surface area contributed by atoms with Crippen LogP contribution in [0.1, 0.15) is 23.5 Å². The van der Waals surface area contributed by atoms with E-state index in [-0.39, 0.29) is 17.8 Å². The van der Waals surface area contributed by atoms with Crippen molar-refractivity contribution in [3.05, 3.63) is 75.8 Å². The summed E-state index contributed by atoms with van der Waals surface area (Å²) in [5, 5.41) is 11.3. The van der Waals surface area contributed by atoms with Gasteiger partial charge in [0, 0.05) is 18.2 Å². The van der Waals surface area contributed by atoms with Gasteiger partial charge in [0.1, 0.15) is 12.2 Å². The Kier molecular flexibility index (Phi) is 5.30. The number of nitro groups is 1. The molecule has 3 unspecified atom stereocenters. The van der Waals surface area contributed by atoms with Crippen LogP contribution in [-0.4, -0.2) is 30.5 Å². The van der Waals surface area contributed by atoms with Crippen molar-refractivity contribution in [2.45, 2.75) is 18.5 Å². The minimum atomic E-state index is -4.45. The second kappa shape index (κ2) is 7.48. The highest BCUT2D eigenvalue weighted by atomic mass is 32.2. The van der Waals surface area contributed by atoms with Crippen LogP contribution in [0.15, 0.2) is 54.6 Å². The van der Waals surface area contributed by atoms with Gasteiger partial charge in [-0.1, -0.05) is 42.5 Å². The van der Waals surface area contributed by atoms with Crippen LogP contribution in [0.25, 0.3) is 0 Å². The molecule has 0 amide bonds. The molecule has 1 fully saturated rings. The van der Waals surface area contributed by atoms with Crippen LogP contribution in [0.2, 0.25) is 0 Å². The maximum atomic E-state index is 11.3. The molecule has 3 rings (SSSR count). The number of hydrogen-bond donors (Lipinski definition) is 2. The topological polar surface area (TPSA) is 128 Å². The summed E-state index contributed by atoms with van der Waals surface area (Å²) < 4.78 is 44.5. The molecule has 0 aliphatic carbocycles. The lowest BCUT2D eigenvalue weighted by Gasteiger charge is -2.16. The average molecular weight is 380 g/mol. The summed E-state index contributed by atoms with van der Waals surface area (Å²) in [4.78, 5) is 10.8. The van der Waals surface area contributed by atoms with E-state index in [2.05, 4.69) is 0 Å². The predicted octanol–water partition coefficient (Wildman–Crippen LogP) is 2.14. The Morgan fingerprint density at radius 1 is 1.08 bits per heavy atom. The molecule has 1 heterocycles. The van der Waals surface area contributed by atoms with Gasteiger partial charge >= 0.3 is 10.3 Å². The number of benzene rings is 2. The Morgan fingerprint density at radius 3 is 2.38 bits per heavy atom. The Balaban J connectivity index is 1.93. The van der Waals surface area contributed by atoms with Gasteiger partial charge in [0.2, 0.25) is 0 Å². The van der Waals surface area contributed by atoms with E-state index in [0.717, 1.165) is 0 Å². The molecule has 0 bridgehead atoms. The highest BCUT2D eigenvalue weighted by molar-refractivity contribution is 7.83. The van der Waals surface area contributed by atoms with Gasteiger partial charge < -0.3 is 9.47 Å². The third kappa shape index (κ3) is 4.23. The monoisotopic (exact) mass is 380 g/mol. The van der Waals surface area contributed by atoms with Crippen LogP contribution >= 0.6 is 0 Å². The number of hydrogen-bond acceptors (Lipinski definition) is 6. The van der Waals surface area contributed by atoms with Gasteiger partial charge in [-0.3, -0.25) is 14.7 Å². The van der Waals surface area contributed by atoms with Gasteiger partial charge in [0.15, 0.2) is 6.29 Å². The lowest BCUT2D eigenvalue weighted by molar-refractivity contribution is -0.386. The fourth-order valence-corrected chi connectivity index (χ4v) is 3.14.